The van der Waals surface area contributed by atoms with Crippen molar-refractivity contribution in [2.24, 2.45) is 0 Å². The fourth-order valence-electron chi connectivity index (χ4n) is 2.41. The molecular formula is C18H14N4O5. The van der Waals surface area contributed by atoms with Crippen LogP contribution in [0.2, 0.25) is 0 Å². The average Bonchev–Trinajstić information content (AvgIpc) is 2.71. The normalized spacial score (nSPS) is 10.3. The first kappa shape index (κ1) is 17.8. The molecule has 0 radical (unpaired) electrons. The lowest BCUT2D eigenvalue weighted by atomic mass is 10.1. The quantitative estimate of drug-likeness (QED) is 0.464. The lowest BCUT2D eigenvalue weighted by Crippen LogP contribution is -2.42. The Morgan fingerprint density at radius 3 is 2.15 bits per heavy atom. The number of ether oxygens (including phenoxy) is 1. The van der Waals surface area contributed by atoms with E-state index < -0.39 is 23.3 Å². The lowest BCUT2D eigenvalue weighted by molar-refractivity contribution is 0.0600. The van der Waals surface area contributed by atoms with Crippen molar-refractivity contribution in [3.8, 4) is 0 Å². The minimum Gasteiger partial charge on any atom is -0.465 e. The van der Waals surface area contributed by atoms with E-state index in [0.717, 1.165) is 0 Å². The van der Waals surface area contributed by atoms with E-state index in [1.54, 1.807) is 24.3 Å². The summed E-state index contributed by atoms with van der Waals surface area (Å²) in [6.45, 7) is 0. The van der Waals surface area contributed by atoms with Crippen molar-refractivity contribution in [3.05, 3.63) is 75.7 Å². The number of nitrogens with zero attached hydrogens (tertiary/aromatic N) is 1. The zero-order valence-electron chi connectivity index (χ0n) is 14.1. The third-order valence-electron chi connectivity index (χ3n) is 3.77. The predicted molar refractivity (Wildman–Crippen MR) is 95.1 cm³/mol. The summed E-state index contributed by atoms with van der Waals surface area (Å²) in [5, 5.41) is 6.65. The Morgan fingerprint density at radius 1 is 0.889 bits per heavy atom. The van der Waals surface area contributed by atoms with Crippen LogP contribution >= 0.6 is 0 Å². The zero-order chi connectivity index (χ0) is 19.4. The number of fused-ring (bicyclic) bond motifs is 1. The Labute approximate surface area is 152 Å². The molecule has 0 unspecified atom stereocenters. The maximum absolute atomic E-state index is 12.3. The van der Waals surface area contributed by atoms with Crippen molar-refractivity contribution in [1.29, 1.82) is 0 Å². The first-order valence-corrected chi connectivity index (χ1v) is 7.77. The summed E-state index contributed by atoms with van der Waals surface area (Å²) >= 11 is 0. The fourth-order valence-corrected chi connectivity index (χ4v) is 2.41. The summed E-state index contributed by atoms with van der Waals surface area (Å²) in [4.78, 5) is 47.6. The highest BCUT2D eigenvalue weighted by atomic mass is 16.5. The van der Waals surface area contributed by atoms with E-state index >= 15 is 0 Å². The van der Waals surface area contributed by atoms with Gasteiger partial charge in [-0.3, -0.25) is 25.2 Å². The number of nitrogens with one attached hydrogen (secondary N) is 3. The number of aromatic amines is 1. The fraction of sp³-hybridized carbons (Fsp3) is 0.0556. The van der Waals surface area contributed by atoms with Crippen molar-refractivity contribution in [1.82, 2.24) is 21.0 Å². The standard InChI is InChI=1S/C18H14N4O5/c1-27-18(26)11-8-6-10(7-9-11)15(23)20-22-17(25)14-12-4-2-3-5-13(12)16(24)21-19-14/h2-9H,1H3,(H,20,23)(H,21,24)(H,22,25). The molecule has 9 nitrogen and oxygen atoms in total. The molecule has 2 aromatic carbocycles. The molecular weight excluding hydrogens is 352 g/mol. The van der Waals surface area contributed by atoms with Crippen LogP contribution in [0.3, 0.4) is 0 Å². The van der Waals surface area contributed by atoms with E-state index in [-0.39, 0.29) is 11.3 Å². The number of hydrazine groups is 1. The number of amides is 2. The maximum Gasteiger partial charge on any atom is 0.337 e. The summed E-state index contributed by atoms with van der Waals surface area (Å²) in [5.74, 6) is -1.80. The van der Waals surface area contributed by atoms with Gasteiger partial charge in [-0.1, -0.05) is 18.2 Å². The highest BCUT2D eigenvalue weighted by molar-refractivity contribution is 6.06. The molecule has 136 valence electrons. The van der Waals surface area contributed by atoms with Crippen molar-refractivity contribution in [3.63, 3.8) is 0 Å². The molecule has 1 heterocycles. The summed E-state index contributed by atoms with van der Waals surface area (Å²) in [5.41, 5.74) is 4.56. The molecule has 0 aliphatic carbocycles. The van der Waals surface area contributed by atoms with Crippen LogP contribution < -0.4 is 16.4 Å². The number of H-pyrrole nitrogens is 1. The topological polar surface area (TPSA) is 130 Å². The molecule has 1 aromatic heterocycles. The van der Waals surface area contributed by atoms with Crippen LogP contribution in [0.1, 0.15) is 31.2 Å². The number of methoxy groups -OCH3 is 1. The van der Waals surface area contributed by atoms with Crippen molar-refractivity contribution < 1.29 is 19.1 Å². The molecule has 0 atom stereocenters. The molecule has 3 rings (SSSR count). The Morgan fingerprint density at radius 2 is 1.48 bits per heavy atom. The van der Waals surface area contributed by atoms with Gasteiger partial charge in [-0.2, -0.15) is 5.10 Å². The lowest BCUT2D eigenvalue weighted by Gasteiger charge is -2.08. The van der Waals surface area contributed by atoms with Crippen LogP contribution in [0.4, 0.5) is 0 Å². The molecule has 9 heteroatoms. The first-order chi connectivity index (χ1) is 13.0. The molecule has 0 saturated carbocycles. The van der Waals surface area contributed by atoms with Crippen molar-refractivity contribution in [2.75, 3.05) is 7.11 Å². The Hall–Kier alpha value is -4.01. The minimum absolute atomic E-state index is 0.0356. The van der Waals surface area contributed by atoms with Crippen LogP contribution in [0.5, 0.6) is 0 Å². The third kappa shape index (κ3) is 3.66. The number of carbonyl (C=O) groups excluding carboxylic acids is 3. The highest BCUT2D eigenvalue weighted by Crippen LogP contribution is 2.12. The van der Waals surface area contributed by atoms with Gasteiger partial charge in [-0.15, -0.1) is 0 Å². The van der Waals surface area contributed by atoms with Gasteiger partial charge in [0.2, 0.25) is 0 Å². The molecule has 3 N–H and O–H groups in total. The molecule has 0 bridgehead atoms. The second-order valence-electron chi connectivity index (χ2n) is 5.42. The van der Waals surface area contributed by atoms with Gasteiger partial charge < -0.3 is 4.74 Å². The smallest absolute Gasteiger partial charge is 0.337 e. The van der Waals surface area contributed by atoms with Crippen LogP contribution in [-0.2, 0) is 4.74 Å². The summed E-state index contributed by atoms with van der Waals surface area (Å²) in [6, 6.07) is 12.2. The number of rotatable bonds is 3. The van der Waals surface area contributed by atoms with E-state index in [1.807, 2.05) is 0 Å². The Bertz CT molecular complexity index is 1090. The third-order valence-corrected chi connectivity index (χ3v) is 3.77. The van der Waals surface area contributed by atoms with Gasteiger partial charge in [0.15, 0.2) is 5.69 Å². The van der Waals surface area contributed by atoms with Crippen LogP contribution in [0, 0.1) is 0 Å². The first-order valence-electron chi connectivity index (χ1n) is 7.77. The number of benzene rings is 2. The highest BCUT2D eigenvalue weighted by Gasteiger charge is 2.15. The van der Waals surface area contributed by atoms with Crippen LogP contribution in [0.25, 0.3) is 10.8 Å². The molecule has 0 aliphatic rings. The van der Waals surface area contributed by atoms with Gasteiger partial charge in [-0.25, -0.2) is 9.89 Å². The van der Waals surface area contributed by atoms with E-state index in [9.17, 15) is 19.2 Å². The molecule has 0 fully saturated rings. The van der Waals surface area contributed by atoms with Gasteiger partial charge in [0, 0.05) is 10.9 Å². The molecule has 0 aliphatic heterocycles. The minimum atomic E-state index is -0.693. The summed E-state index contributed by atoms with van der Waals surface area (Å²) in [6.07, 6.45) is 0. The van der Waals surface area contributed by atoms with E-state index in [1.165, 1.54) is 31.4 Å². The molecule has 3 aromatic rings. The second-order valence-corrected chi connectivity index (χ2v) is 5.42. The largest absolute Gasteiger partial charge is 0.465 e. The van der Waals surface area contributed by atoms with E-state index in [2.05, 4.69) is 25.8 Å². The van der Waals surface area contributed by atoms with Crippen LogP contribution in [0.15, 0.2) is 53.3 Å². The Balaban J connectivity index is 1.73. The number of carbonyl (C=O) groups is 3. The van der Waals surface area contributed by atoms with E-state index in [0.29, 0.717) is 16.3 Å². The van der Waals surface area contributed by atoms with Gasteiger partial charge in [0.05, 0.1) is 18.1 Å². The molecule has 0 saturated heterocycles. The molecule has 27 heavy (non-hydrogen) atoms. The monoisotopic (exact) mass is 366 g/mol. The molecule has 0 spiro atoms. The number of esters is 1. The van der Waals surface area contributed by atoms with Crippen molar-refractivity contribution in [2.45, 2.75) is 0 Å². The summed E-state index contributed by atoms with van der Waals surface area (Å²) < 4.78 is 4.58. The number of hydrogen-bond donors (Lipinski definition) is 3. The van der Waals surface area contributed by atoms with E-state index in [4.69, 9.17) is 0 Å². The molecule has 2 amide bonds. The number of hydrogen-bond acceptors (Lipinski definition) is 6. The Kier molecular flexibility index (Phi) is 4.93. The SMILES string of the molecule is COC(=O)c1ccc(C(=O)NNC(=O)c2n[nH]c(=O)c3ccccc23)cc1. The van der Waals surface area contributed by atoms with Gasteiger partial charge in [-0.05, 0) is 30.3 Å². The van der Waals surface area contributed by atoms with Gasteiger partial charge in [0.25, 0.3) is 17.4 Å². The summed E-state index contributed by atoms with van der Waals surface area (Å²) in [7, 11) is 1.26. The zero-order valence-corrected chi connectivity index (χ0v) is 14.1. The van der Waals surface area contributed by atoms with Gasteiger partial charge >= 0.3 is 5.97 Å². The predicted octanol–water partition coefficient (Wildman–Crippen LogP) is 0.784. The van der Waals surface area contributed by atoms with Gasteiger partial charge in [0.1, 0.15) is 0 Å². The van der Waals surface area contributed by atoms with Crippen LogP contribution in [-0.4, -0.2) is 35.1 Å². The average molecular weight is 366 g/mol. The van der Waals surface area contributed by atoms with Crippen molar-refractivity contribution >= 4 is 28.6 Å². The number of aromatic nitrogens is 2. The maximum atomic E-state index is 12.3. The second kappa shape index (κ2) is 7.48.